The summed E-state index contributed by atoms with van der Waals surface area (Å²) >= 11 is 0. The number of hydrogen-bond acceptors (Lipinski definition) is 3. The number of H-pyrrole nitrogens is 1. The Morgan fingerprint density at radius 1 is 1.04 bits per heavy atom. The first-order valence-electron chi connectivity index (χ1n) is 9.00. The van der Waals surface area contributed by atoms with Gasteiger partial charge < -0.3 is 10.1 Å². The first kappa shape index (κ1) is 17.6. The summed E-state index contributed by atoms with van der Waals surface area (Å²) in [6.45, 7) is 0. The summed E-state index contributed by atoms with van der Waals surface area (Å²) in [7, 11) is 1.65. The molecular formula is C23H19N3O2. The Balaban J connectivity index is 1.71. The SMILES string of the molecule is Cn1c(=O)c(Cc2ccccc2)c(O)c2[nH]c(C#CCc3ccccc3)nc21. The lowest BCUT2D eigenvalue weighted by Crippen LogP contribution is -2.22. The van der Waals surface area contributed by atoms with Crippen LogP contribution in [0.3, 0.4) is 0 Å². The molecule has 2 heterocycles. The Kier molecular flexibility index (Phi) is 4.69. The lowest BCUT2D eigenvalue weighted by Gasteiger charge is -2.08. The van der Waals surface area contributed by atoms with Crippen LogP contribution in [0.4, 0.5) is 0 Å². The topological polar surface area (TPSA) is 70.9 Å². The number of imidazole rings is 1. The molecule has 2 aromatic heterocycles. The van der Waals surface area contributed by atoms with Gasteiger partial charge in [-0.15, -0.1) is 0 Å². The van der Waals surface area contributed by atoms with Crippen molar-refractivity contribution in [3.8, 4) is 17.6 Å². The van der Waals surface area contributed by atoms with E-state index >= 15 is 0 Å². The van der Waals surface area contributed by atoms with Crippen LogP contribution in [-0.2, 0) is 19.9 Å². The summed E-state index contributed by atoms with van der Waals surface area (Å²) < 4.78 is 1.45. The summed E-state index contributed by atoms with van der Waals surface area (Å²) in [6.07, 6.45) is 0.950. The van der Waals surface area contributed by atoms with Crippen molar-refractivity contribution in [2.45, 2.75) is 12.8 Å². The van der Waals surface area contributed by atoms with E-state index in [1.54, 1.807) is 7.05 Å². The van der Waals surface area contributed by atoms with Crippen LogP contribution in [0.25, 0.3) is 11.2 Å². The van der Waals surface area contributed by atoms with E-state index in [4.69, 9.17) is 0 Å². The highest BCUT2D eigenvalue weighted by Crippen LogP contribution is 2.25. The molecule has 4 rings (SSSR count). The van der Waals surface area contributed by atoms with Crippen LogP contribution in [0, 0.1) is 11.8 Å². The smallest absolute Gasteiger partial charge is 0.259 e. The molecule has 0 spiro atoms. The van der Waals surface area contributed by atoms with Crippen LogP contribution < -0.4 is 5.56 Å². The molecule has 0 saturated heterocycles. The molecule has 28 heavy (non-hydrogen) atoms. The number of rotatable bonds is 3. The zero-order chi connectivity index (χ0) is 19.5. The molecule has 5 heteroatoms. The standard InChI is InChI=1S/C23H19N3O2/c1-26-22-20(21(27)18(23(26)28)15-17-11-6-3-7-12-17)24-19(25-22)14-8-13-16-9-4-2-5-10-16/h2-7,9-12,27H,13,15H2,1H3,(H,24,25). The van der Waals surface area contributed by atoms with Gasteiger partial charge in [0.25, 0.3) is 5.56 Å². The maximum atomic E-state index is 12.7. The van der Waals surface area contributed by atoms with Crippen molar-refractivity contribution in [1.82, 2.24) is 14.5 Å². The van der Waals surface area contributed by atoms with E-state index < -0.39 is 0 Å². The van der Waals surface area contributed by atoms with Crippen molar-refractivity contribution in [3.05, 3.63) is 93.5 Å². The van der Waals surface area contributed by atoms with Crippen LogP contribution in [0.2, 0.25) is 0 Å². The van der Waals surface area contributed by atoms with Crippen molar-refractivity contribution >= 4 is 11.2 Å². The van der Waals surface area contributed by atoms with E-state index in [2.05, 4.69) is 21.8 Å². The van der Waals surface area contributed by atoms with Crippen LogP contribution in [0.5, 0.6) is 5.75 Å². The van der Waals surface area contributed by atoms with Crippen molar-refractivity contribution in [2.75, 3.05) is 0 Å². The highest BCUT2D eigenvalue weighted by molar-refractivity contribution is 5.80. The third-order valence-corrected chi connectivity index (χ3v) is 4.65. The molecule has 2 aromatic carbocycles. The van der Waals surface area contributed by atoms with Gasteiger partial charge in [-0.05, 0) is 17.0 Å². The van der Waals surface area contributed by atoms with E-state index in [0.29, 0.717) is 35.4 Å². The van der Waals surface area contributed by atoms with E-state index in [1.807, 2.05) is 60.7 Å². The highest BCUT2D eigenvalue weighted by Gasteiger charge is 2.18. The maximum absolute atomic E-state index is 12.7. The Hall–Kier alpha value is -3.78. The summed E-state index contributed by atoms with van der Waals surface area (Å²) in [6, 6.07) is 19.5. The Morgan fingerprint density at radius 2 is 1.68 bits per heavy atom. The average molecular weight is 369 g/mol. The number of fused-ring (bicyclic) bond motifs is 1. The Morgan fingerprint density at radius 3 is 2.36 bits per heavy atom. The van der Waals surface area contributed by atoms with Gasteiger partial charge in [0.1, 0.15) is 5.52 Å². The van der Waals surface area contributed by atoms with Gasteiger partial charge in [-0.1, -0.05) is 66.6 Å². The third kappa shape index (κ3) is 3.40. The quantitative estimate of drug-likeness (QED) is 0.545. The number of benzene rings is 2. The molecule has 0 aliphatic rings. The summed E-state index contributed by atoms with van der Waals surface area (Å²) in [5, 5.41) is 10.7. The molecule has 0 radical (unpaired) electrons. The molecule has 0 aliphatic heterocycles. The van der Waals surface area contributed by atoms with Gasteiger partial charge in [0, 0.05) is 19.9 Å². The minimum Gasteiger partial charge on any atom is -0.505 e. The predicted molar refractivity (Wildman–Crippen MR) is 109 cm³/mol. The number of aromatic hydroxyl groups is 1. The average Bonchev–Trinajstić information content (AvgIpc) is 3.16. The largest absolute Gasteiger partial charge is 0.505 e. The molecule has 0 bridgehead atoms. The second-order valence-corrected chi connectivity index (χ2v) is 6.60. The summed E-state index contributed by atoms with van der Waals surface area (Å²) in [5.74, 6) is 6.42. The van der Waals surface area contributed by atoms with Gasteiger partial charge in [0.05, 0.1) is 5.56 Å². The fourth-order valence-corrected chi connectivity index (χ4v) is 3.17. The molecule has 0 atom stereocenters. The molecule has 0 saturated carbocycles. The molecule has 0 aliphatic carbocycles. The number of aryl methyl sites for hydroxylation is 1. The van der Waals surface area contributed by atoms with Crippen LogP contribution in [0.1, 0.15) is 22.5 Å². The molecule has 0 unspecified atom stereocenters. The van der Waals surface area contributed by atoms with E-state index in [1.165, 1.54) is 4.57 Å². The van der Waals surface area contributed by atoms with Gasteiger partial charge in [0.2, 0.25) is 0 Å². The monoisotopic (exact) mass is 369 g/mol. The number of aromatic nitrogens is 3. The van der Waals surface area contributed by atoms with Crippen molar-refractivity contribution in [2.24, 2.45) is 7.05 Å². The lowest BCUT2D eigenvalue weighted by atomic mass is 10.1. The molecule has 0 amide bonds. The summed E-state index contributed by atoms with van der Waals surface area (Å²) in [5.41, 5.74) is 2.97. The molecule has 2 N–H and O–H groups in total. The van der Waals surface area contributed by atoms with Gasteiger partial charge in [0.15, 0.2) is 17.2 Å². The number of hydrogen-bond donors (Lipinski definition) is 2. The highest BCUT2D eigenvalue weighted by atomic mass is 16.3. The van der Waals surface area contributed by atoms with Crippen molar-refractivity contribution in [1.29, 1.82) is 0 Å². The number of aromatic amines is 1. The van der Waals surface area contributed by atoms with Gasteiger partial charge >= 0.3 is 0 Å². The second-order valence-electron chi connectivity index (χ2n) is 6.60. The van der Waals surface area contributed by atoms with Gasteiger partial charge in [-0.3, -0.25) is 9.36 Å². The Bertz CT molecular complexity index is 1240. The fourth-order valence-electron chi connectivity index (χ4n) is 3.17. The molecule has 4 aromatic rings. The lowest BCUT2D eigenvalue weighted by molar-refractivity contribution is 0.472. The minimum absolute atomic E-state index is 0.0643. The fraction of sp³-hybridized carbons (Fsp3) is 0.130. The Labute approximate surface area is 162 Å². The normalized spacial score (nSPS) is 10.6. The predicted octanol–water partition coefficient (Wildman–Crippen LogP) is 3.15. The molecule has 0 fully saturated rings. The molecule has 5 nitrogen and oxygen atoms in total. The summed E-state index contributed by atoms with van der Waals surface area (Å²) in [4.78, 5) is 20.2. The zero-order valence-corrected chi connectivity index (χ0v) is 15.4. The third-order valence-electron chi connectivity index (χ3n) is 4.65. The minimum atomic E-state index is -0.260. The number of pyridine rings is 1. The number of nitrogens with one attached hydrogen (secondary N) is 1. The van der Waals surface area contributed by atoms with Crippen LogP contribution in [-0.4, -0.2) is 19.6 Å². The van der Waals surface area contributed by atoms with E-state index in [-0.39, 0.29) is 11.3 Å². The molecule has 138 valence electrons. The zero-order valence-electron chi connectivity index (χ0n) is 15.4. The second kappa shape index (κ2) is 7.45. The first-order chi connectivity index (χ1) is 13.6. The first-order valence-corrected chi connectivity index (χ1v) is 9.00. The number of nitrogens with zero attached hydrogens (tertiary/aromatic N) is 2. The van der Waals surface area contributed by atoms with Crippen molar-refractivity contribution in [3.63, 3.8) is 0 Å². The molecular weight excluding hydrogens is 350 g/mol. The maximum Gasteiger partial charge on any atom is 0.259 e. The van der Waals surface area contributed by atoms with E-state index in [9.17, 15) is 9.90 Å². The van der Waals surface area contributed by atoms with Gasteiger partial charge in [-0.25, -0.2) is 4.98 Å². The van der Waals surface area contributed by atoms with Crippen molar-refractivity contribution < 1.29 is 5.11 Å². The van der Waals surface area contributed by atoms with Crippen LogP contribution >= 0.6 is 0 Å². The van der Waals surface area contributed by atoms with Crippen LogP contribution in [0.15, 0.2) is 65.5 Å². The van der Waals surface area contributed by atoms with E-state index in [0.717, 1.165) is 11.1 Å². The van der Waals surface area contributed by atoms with Gasteiger partial charge in [-0.2, -0.15) is 0 Å².